The summed E-state index contributed by atoms with van der Waals surface area (Å²) in [7, 11) is 0. The summed E-state index contributed by atoms with van der Waals surface area (Å²) in [6.45, 7) is 0. The second-order valence-corrected chi connectivity index (χ2v) is 5.37. The van der Waals surface area contributed by atoms with Gasteiger partial charge < -0.3 is 0 Å². The molecule has 0 spiro atoms. The van der Waals surface area contributed by atoms with Crippen molar-refractivity contribution in [3.8, 4) is 11.3 Å². The lowest BCUT2D eigenvalue weighted by Crippen LogP contribution is -1.93. The van der Waals surface area contributed by atoms with Crippen LogP contribution in [0.25, 0.3) is 32.9 Å². The minimum atomic E-state index is -0.320. The summed E-state index contributed by atoms with van der Waals surface area (Å²) in [6.07, 6.45) is 0. The van der Waals surface area contributed by atoms with Gasteiger partial charge in [0.1, 0.15) is 5.82 Å². The Morgan fingerprint density at radius 2 is 1.64 bits per heavy atom. The second-order valence-electron chi connectivity index (χ2n) is 5.03. The Kier molecular flexibility index (Phi) is 3.01. The lowest BCUT2D eigenvalue weighted by molar-refractivity contribution is 0.629. The van der Waals surface area contributed by atoms with Crippen LogP contribution in [0.1, 0.15) is 0 Å². The first kappa shape index (κ1) is 13.2. The van der Waals surface area contributed by atoms with Crippen LogP contribution in [0.5, 0.6) is 0 Å². The second kappa shape index (κ2) is 5.04. The fourth-order valence-electron chi connectivity index (χ4n) is 2.71. The molecule has 0 unspecified atom stereocenters. The number of rotatable bonds is 1. The number of halogens is 2. The van der Waals surface area contributed by atoms with E-state index in [9.17, 15) is 4.39 Å². The molecule has 0 saturated carbocycles. The quantitative estimate of drug-likeness (QED) is 0.449. The Morgan fingerprint density at radius 1 is 0.818 bits per heavy atom. The van der Waals surface area contributed by atoms with Gasteiger partial charge in [-0.3, -0.25) is 0 Å². The SMILES string of the molecule is Fc1ccc2nc(Cl)nc(-c3cccc4ccccc34)c2c1. The minimum Gasteiger partial charge on any atom is -0.218 e. The maximum Gasteiger partial charge on any atom is 0.223 e. The number of fused-ring (bicyclic) bond motifs is 2. The molecule has 106 valence electrons. The van der Waals surface area contributed by atoms with Gasteiger partial charge in [0.25, 0.3) is 0 Å². The van der Waals surface area contributed by atoms with Crippen LogP contribution in [-0.4, -0.2) is 9.97 Å². The van der Waals surface area contributed by atoms with Gasteiger partial charge in [-0.2, -0.15) is 0 Å². The van der Waals surface area contributed by atoms with Crippen LogP contribution < -0.4 is 0 Å². The van der Waals surface area contributed by atoms with Gasteiger partial charge in [0.2, 0.25) is 5.28 Å². The molecule has 0 radical (unpaired) electrons. The molecule has 22 heavy (non-hydrogen) atoms. The predicted molar refractivity (Wildman–Crippen MR) is 87.4 cm³/mol. The fraction of sp³-hybridized carbons (Fsp3) is 0. The van der Waals surface area contributed by atoms with Crippen LogP contribution in [0, 0.1) is 5.82 Å². The van der Waals surface area contributed by atoms with Gasteiger partial charge in [-0.15, -0.1) is 0 Å². The molecule has 0 aliphatic rings. The van der Waals surface area contributed by atoms with Crippen LogP contribution in [0.3, 0.4) is 0 Å². The van der Waals surface area contributed by atoms with Gasteiger partial charge >= 0.3 is 0 Å². The Hall–Kier alpha value is -2.52. The molecular formula is C18H10ClFN2. The molecule has 2 nitrogen and oxygen atoms in total. The predicted octanol–water partition coefficient (Wildman–Crippen LogP) is 5.24. The highest BCUT2D eigenvalue weighted by molar-refractivity contribution is 6.29. The van der Waals surface area contributed by atoms with Crippen molar-refractivity contribution in [3.05, 3.63) is 71.8 Å². The average molecular weight is 309 g/mol. The van der Waals surface area contributed by atoms with Crippen molar-refractivity contribution in [2.24, 2.45) is 0 Å². The molecule has 0 saturated heterocycles. The van der Waals surface area contributed by atoms with E-state index in [4.69, 9.17) is 11.6 Å². The molecule has 0 fully saturated rings. The van der Waals surface area contributed by atoms with Gasteiger partial charge in [0.15, 0.2) is 0 Å². The standard InChI is InChI=1S/C18H10ClFN2/c19-18-21-16-9-8-12(20)10-15(16)17(22-18)14-7-3-5-11-4-1-2-6-13(11)14/h1-10H. The van der Waals surface area contributed by atoms with E-state index in [2.05, 4.69) is 9.97 Å². The third kappa shape index (κ3) is 2.11. The maximum atomic E-state index is 13.7. The van der Waals surface area contributed by atoms with Crippen molar-refractivity contribution in [2.45, 2.75) is 0 Å². The van der Waals surface area contributed by atoms with E-state index >= 15 is 0 Å². The molecule has 0 bridgehead atoms. The van der Waals surface area contributed by atoms with E-state index in [-0.39, 0.29) is 11.1 Å². The summed E-state index contributed by atoms with van der Waals surface area (Å²) in [4.78, 5) is 8.52. The van der Waals surface area contributed by atoms with Crippen LogP contribution in [0.2, 0.25) is 5.28 Å². The minimum absolute atomic E-state index is 0.155. The number of aromatic nitrogens is 2. The van der Waals surface area contributed by atoms with Gasteiger partial charge in [-0.25, -0.2) is 14.4 Å². The van der Waals surface area contributed by atoms with Crippen LogP contribution in [0.15, 0.2) is 60.7 Å². The summed E-state index contributed by atoms with van der Waals surface area (Å²) in [5, 5.41) is 2.95. The normalized spacial score (nSPS) is 11.2. The van der Waals surface area contributed by atoms with E-state index in [1.54, 1.807) is 6.07 Å². The van der Waals surface area contributed by atoms with Crippen molar-refractivity contribution < 1.29 is 4.39 Å². The van der Waals surface area contributed by atoms with Crippen molar-refractivity contribution in [3.63, 3.8) is 0 Å². The topological polar surface area (TPSA) is 25.8 Å². The molecule has 0 atom stereocenters. The van der Waals surface area contributed by atoms with Crippen LogP contribution in [-0.2, 0) is 0 Å². The maximum absolute atomic E-state index is 13.7. The Balaban J connectivity index is 2.14. The van der Waals surface area contributed by atoms with E-state index < -0.39 is 0 Å². The number of benzene rings is 3. The molecular weight excluding hydrogens is 299 g/mol. The van der Waals surface area contributed by atoms with E-state index in [1.165, 1.54) is 12.1 Å². The van der Waals surface area contributed by atoms with E-state index in [1.807, 2.05) is 42.5 Å². The van der Waals surface area contributed by atoms with Crippen molar-refractivity contribution in [2.75, 3.05) is 0 Å². The van der Waals surface area contributed by atoms with Crippen molar-refractivity contribution in [1.29, 1.82) is 0 Å². The third-order valence-electron chi connectivity index (χ3n) is 3.68. The highest BCUT2D eigenvalue weighted by atomic mass is 35.5. The van der Waals surface area contributed by atoms with Gasteiger partial charge in [-0.1, -0.05) is 42.5 Å². The number of hydrogen-bond acceptors (Lipinski definition) is 2. The molecule has 3 aromatic carbocycles. The molecule has 4 heteroatoms. The van der Waals surface area contributed by atoms with Crippen LogP contribution >= 0.6 is 11.6 Å². The Labute approximate surface area is 131 Å². The summed E-state index contributed by atoms with van der Waals surface area (Å²) in [5.41, 5.74) is 2.19. The summed E-state index contributed by atoms with van der Waals surface area (Å²) in [6, 6.07) is 18.4. The highest BCUT2D eigenvalue weighted by Gasteiger charge is 2.12. The number of hydrogen-bond donors (Lipinski definition) is 0. The van der Waals surface area contributed by atoms with Gasteiger partial charge in [-0.05, 0) is 40.6 Å². The molecule has 0 aliphatic heterocycles. The molecule has 4 rings (SSSR count). The number of nitrogens with zero attached hydrogens (tertiary/aromatic N) is 2. The smallest absolute Gasteiger partial charge is 0.218 e. The molecule has 0 amide bonds. The zero-order valence-corrected chi connectivity index (χ0v) is 12.2. The molecule has 0 N–H and O–H groups in total. The first-order valence-corrected chi connectivity index (χ1v) is 7.21. The molecule has 1 aromatic heterocycles. The van der Waals surface area contributed by atoms with E-state index in [0.717, 1.165) is 16.3 Å². The molecule has 4 aromatic rings. The lowest BCUT2D eigenvalue weighted by atomic mass is 9.99. The zero-order valence-electron chi connectivity index (χ0n) is 11.4. The third-order valence-corrected chi connectivity index (χ3v) is 3.84. The highest BCUT2D eigenvalue weighted by Crippen LogP contribution is 2.32. The van der Waals surface area contributed by atoms with Crippen molar-refractivity contribution in [1.82, 2.24) is 9.97 Å². The zero-order chi connectivity index (χ0) is 15.1. The Morgan fingerprint density at radius 3 is 2.55 bits per heavy atom. The van der Waals surface area contributed by atoms with Gasteiger partial charge in [0.05, 0.1) is 11.2 Å². The first-order chi connectivity index (χ1) is 10.7. The molecule has 1 heterocycles. The average Bonchev–Trinajstić information content (AvgIpc) is 2.54. The lowest BCUT2D eigenvalue weighted by Gasteiger charge is -2.09. The summed E-state index contributed by atoms with van der Waals surface area (Å²) in [5.74, 6) is -0.320. The van der Waals surface area contributed by atoms with Gasteiger partial charge in [0, 0.05) is 10.9 Å². The van der Waals surface area contributed by atoms with E-state index in [0.29, 0.717) is 16.6 Å². The monoisotopic (exact) mass is 308 g/mol. The van der Waals surface area contributed by atoms with Crippen molar-refractivity contribution >= 4 is 33.3 Å². The van der Waals surface area contributed by atoms with Crippen LogP contribution in [0.4, 0.5) is 4.39 Å². The molecule has 0 aliphatic carbocycles. The summed E-state index contributed by atoms with van der Waals surface area (Å²) < 4.78 is 13.7. The first-order valence-electron chi connectivity index (χ1n) is 6.83. The fourth-order valence-corrected chi connectivity index (χ4v) is 2.89. The largest absolute Gasteiger partial charge is 0.223 e. The Bertz CT molecular complexity index is 1010. The summed E-state index contributed by atoms with van der Waals surface area (Å²) >= 11 is 6.05.